The molecule has 7 heteroatoms. The number of piperidine rings is 1. The van der Waals surface area contributed by atoms with Gasteiger partial charge in [-0.2, -0.15) is 0 Å². The van der Waals surface area contributed by atoms with Crippen LogP contribution in [0.4, 0.5) is 11.6 Å². The fourth-order valence-electron chi connectivity index (χ4n) is 4.23. The van der Waals surface area contributed by atoms with Gasteiger partial charge in [0.15, 0.2) is 0 Å². The number of benzene rings is 2. The summed E-state index contributed by atoms with van der Waals surface area (Å²) in [6, 6.07) is 16.3. The second-order valence-corrected chi connectivity index (χ2v) is 8.66. The Hall–Kier alpha value is -3.45. The molecule has 1 aliphatic heterocycles. The lowest BCUT2D eigenvalue weighted by Gasteiger charge is -2.31. The minimum atomic E-state index is -0.0919. The molecule has 2 aromatic carbocycles. The van der Waals surface area contributed by atoms with Crippen molar-refractivity contribution in [3.05, 3.63) is 66.5 Å². The predicted octanol–water partition coefficient (Wildman–Crippen LogP) is 4.71. The first kappa shape index (κ1) is 23.7. The second-order valence-electron chi connectivity index (χ2n) is 8.66. The highest BCUT2D eigenvalue weighted by Gasteiger charge is 2.21. The molecular formula is C27H32N4O3. The molecule has 1 fully saturated rings. The maximum absolute atomic E-state index is 11.5. The molecule has 1 N–H and O–H groups in total. The largest absolute Gasteiger partial charge is 0.497 e. The lowest BCUT2D eigenvalue weighted by Crippen LogP contribution is -2.35. The number of rotatable bonds is 9. The number of carbonyl (C=O) groups excluding carboxylic acids is 1. The Kier molecular flexibility index (Phi) is 8.09. The normalized spacial score (nSPS) is 14.5. The van der Waals surface area contributed by atoms with Gasteiger partial charge in [0.1, 0.15) is 5.75 Å². The number of likely N-dealkylation sites (tertiary alicyclic amines) is 1. The van der Waals surface area contributed by atoms with Crippen molar-refractivity contribution in [2.45, 2.75) is 25.7 Å². The average molecular weight is 461 g/mol. The Balaban J connectivity index is 1.23. The fraction of sp³-hybridized carbons (Fsp3) is 0.370. The minimum Gasteiger partial charge on any atom is -0.497 e. The molecule has 0 atom stereocenters. The number of aromatic nitrogens is 2. The van der Waals surface area contributed by atoms with Gasteiger partial charge in [-0.15, -0.1) is 0 Å². The van der Waals surface area contributed by atoms with E-state index in [1.165, 1.54) is 12.7 Å². The van der Waals surface area contributed by atoms with Gasteiger partial charge in [0.2, 0.25) is 5.95 Å². The standard InChI is InChI=1S/C27H32N4O3/c1-33-25-9-5-22(6-10-25)23-18-28-27(29-19-23)30-24-7-3-20(4-8-24)11-14-31-15-12-21(13-16-31)17-26(32)34-2/h3-10,18-19,21H,11-17H2,1-2H3,(H,28,29,30). The van der Waals surface area contributed by atoms with E-state index < -0.39 is 0 Å². The van der Waals surface area contributed by atoms with Crippen molar-refractivity contribution < 1.29 is 14.3 Å². The van der Waals surface area contributed by atoms with E-state index in [1.54, 1.807) is 7.11 Å². The summed E-state index contributed by atoms with van der Waals surface area (Å²) in [6.45, 7) is 3.13. The Morgan fingerprint density at radius 2 is 1.65 bits per heavy atom. The number of methoxy groups -OCH3 is 2. The number of esters is 1. The molecular weight excluding hydrogens is 428 g/mol. The lowest BCUT2D eigenvalue weighted by molar-refractivity contribution is -0.142. The van der Waals surface area contributed by atoms with Gasteiger partial charge in [-0.3, -0.25) is 4.79 Å². The van der Waals surface area contributed by atoms with Gasteiger partial charge in [-0.1, -0.05) is 24.3 Å². The highest BCUT2D eigenvalue weighted by molar-refractivity contribution is 5.69. The zero-order chi connectivity index (χ0) is 23.8. The van der Waals surface area contributed by atoms with Crippen LogP contribution in [-0.2, 0) is 16.0 Å². The molecule has 0 bridgehead atoms. The van der Waals surface area contributed by atoms with E-state index in [4.69, 9.17) is 9.47 Å². The third-order valence-corrected chi connectivity index (χ3v) is 6.39. The van der Waals surface area contributed by atoms with Crippen molar-refractivity contribution in [3.63, 3.8) is 0 Å². The van der Waals surface area contributed by atoms with Crippen molar-refractivity contribution in [3.8, 4) is 16.9 Å². The first-order chi connectivity index (χ1) is 16.6. The van der Waals surface area contributed by atoms with Gasteiger partial charge in [0, 0.05) is 36.6 Å². The van der Waals surface area contributed by atoms with Crippen LogP contribution in [0.1, 0.15) is 24.8 Å². The van der Waals surface area contributed by atoms with E-state index in [1.807, 2.05) is 36.7 Å². The van der Waals surface area contributed by atoms with E-state index in [0.717, 1.165) is 61.5 Å². The molecule has 0 amide bonds. The number of anilines is 2. The third-order valence-electron chi connectivity index (χ3n) is 6.39. The van der Waals surface area contributed by atoms with Crippen LogP contribution in [0.2, 0.25) is 0 Å². The number of nitrogens with one attached hydrogen (secondary N) is 1. The minimum absolute atomic E-state index is 0.0919. The molecule has 4 rings (SSSR count). The maximum Gasteiger partial charge on any atom is 0.305 e. The highest BCUT2D eigenvalue weighted by atomic mass is 16.5. The molecule has 0 aliphatic carbocycles. The molecule has 1 aliphatic rings. The summed E-state index contributed by atoms with van der Waals surface area (Å²) in [7, 11) is 3.12. The monoisotopic (exact) mass is 460 g/mol. The maximum atomic E-state index is 11.5. The van der Waals surface area contributed by atoms with Crippen molar-refractivity contribution in [2.75, 3.05) is 39.2 Å². The van der Waals surface area contributed by atoms with Crippen LogP contribution in [0, 0.1) is 5.92 Å². The Labute approximate surface area is 201 Å². The fourth-order valence-corrected chi connectivity index (χ4v) is 4.23. The van der Waals surface area contributed by atoms with Gasteiger partial charge in [-0.05, 0) is 73.7 Å². The lowest BCUT2D eigenvalue weighted by atomic mass is 9.93. The van der Waals surface area contributed by atoms with Crippen LogP contribution < -0.4 is 10.1 Å². The molecule has 34 heavy (non-hydrogen) atoms. The summed E-state index contributed by atoms with van der Waals surface area (Å²) in [4.78, 5) is 22.8. The number of hydrogen-bond acceptors (Lipinski definition) is 7. The molecule has 0 unspecified atom stereocenters. The third kappa shape index (κ3) is 6.54. The van der Waals surface area contributed by atoms with Gasteiger partial charge < -0.3 is 19.7 Å². The first-order valence-electron chi connectivity index (χ1n) is 11.7. The zero-order valence-electron chi connectivity index (χ0n) is 19.9. The molecule has 0 radical (unpaired) electrons. The number of nitrogens with zero attached hydrogens (tertiary/aromatic N) is 3. The molecule has 0 saturated carbocycles. The van der Waals surface area contributed by atoms with Crippen LogP contribution in [0.5, 0.6) is 5.75 Å². The Morgan fingerprint density at radius 3 is 2.26 bits per heavy atom. The zero-order valence-corrected chi connectivity index (χ0v) is 19.9. The van der Waals surface area contributed by atoms with Gasteiger partial charge in [-0.25, -0.2) is 9.97 Å². The Bertz CT molecular complexity index is 1040. The van der Waals surface area contributed by atoms with Crippen LogP contribution in [0.3, 0.4) is 0 Å². The summed E-state index contributed by atoms with van der Waals surface area (Å²) < 4.78 is 10.00. The molecule has 2 heterocycles. The highest BCUT2D eigenvalue weighted by Crippen LogP contribution is 2.23. The van der Waals surface area contributed by atoms with E-state index in [0.29, 0.717) is 18.3 Å². The van der Waals surface area contributed by atoms with E-state index in [9.17, 15) is 4.79 Å². The van der Waals surface area contributed by atoms with Crippen LogP contribution >= 0.6 is 0 Å². The van der Waals surface area contributed by atoms with Gasteiger partial charge >= 0.3 is 5.97 Å². The summed E-state index contributed by atoms with van der Waals surface area (Å²) in [5.74, 6) is 1.76. The average Bonchev–Trinajstić information content (AvgIpc) is 2.89. The topological polar surface area (TPSA) is 76.6 Å². The quantitative estimate of drug-likeness (QED) is 0.463. The molecule has 7 nitrogen and oxygen atoms in total. The molecule has 1 aromatic heterocycles. The molecule has 178 valence electrons. The molecule has 1 saturated heterocycles. The van der Waals surface area contributed by atoms with Crippen molar-refractivity contribution in [1.29, 1.82) is 0 Å². The summed E-state index contributed by atoms with van der Waals surface area (Å²) in [5, 5.41) is 3.27. The van der Waals surface area contributed by atoms with E-state index in [-0.39, 0.29) is 5.97 Å². The van der Waals surface area contributed by atoms with Crippen LogP contribution in [0.15, 0.2) is 60.9 Å². The van der Waals surface area contributed by atoms with Crippen LogP contribution in [-0.4, -0.2) is 54.7 Å². The van der Waals surface area contributed by atoms with Crippen molar-refractivity contribution in [2.24, 2.45) is 5.92 Å². The summed E-state index contributed by atoms with van der Waals surface area (Å²) in [5.41, 5.74) is 4.27. The van der Waals surface area contributed by atoms with E-state index >= 15 is 0 Å². The van der Waals surface area contributed by atoms with Gasteiger partial charge in [0.25, 0.3) is 0 Å². The van der Waals surface area contributed by atoms with E-state index in [2.05, 4.69) is 44.5 Å². The van der Waals surface area contributed by atoms with Crippen molar-refractivity contribution >= 4 is 17.6 Å². The first-order valence-corrected chi connectivity index (χ1v) is 11.7. The van der Waals surface area contributed by atoms with Gasteiger partial charge in [0.05, 0.1) is 14.2 Å². The molecule has 0 spiro atoms. The van der Waals surface area contributed by atoms with Crippen LogP contribution in [0.25, 0.3) is 11.1 Å². The molecule has 3 aromatic rings. The number of carbonyl (C=O) groups is 1. The van der Waals surface area contributed by atoms with Crippen molar-refractivity contribution in [1.82, 2.24) is 14.9 Å². The SMILES string of the molecule is COC(=O)CC1CCN(CCc2ccc(Nc3ncc(-c4ccc(OC)cc4)cn3)cc2)CC1. The summed E-state index contributed by atoms with van der Waals surface area (Å²) >= 11 is 0. The number of hydrogen-bond donors (Lipinski definition) is 1. The number of ether oxygens (including phenoxy) is 2. The summed E-state index contributed by atoms with van der Waals surface area (Å²) in [6.07, 6.45) is 7.33. The smallest absolute Gasteiger partial charge is 0.305 e. The Morgan fingerprint density at radius 1 is 0.971 bits per heavy atom. The predicted molar refractivity (Wildman–Crippen MR) is 133 cm³/mol. The second kappa shape index (κ2) is 11.6.